The van der Waals surface area contributed by atoms with Crippen molar-refractivity contribution in [3.63, 3.8) is 0 Å². The van der Waals surface area contributed by atoms with Crippen LogP contribution in [0.4, 0.5) is 4.79 Å². The molecule has 0 unspecified atom stereocenters. The van der Waals surface area contributed by atoms with Crippen LogP contribution in [0.3, 0.4) is 0 Å². The van der Waals surface area contributed by atoms with Crippen molar-refractivity contribution in [2.45, 2.75) is 26.3 Å². The normalized spacial score (nSPS) is 11.0. The molecule has 0 heterocycles. The van der Waals surface area contributed by atoms with Crippen molar-refractivity contribution in [3.8, 4) is 16.9 Å². The van der Waals surface area contributed by atoms with Gasteiger partial charge in [-0.3, -0.25) is 0 Å². The Hall–Kier alpha value is -2.00. The smallest absolute Gasteiger partial charge is 0.409 e. The van der Waals surface area contributed by atoms with Gasteiger partial charge in [0.2, 0.25) is 0 Å². The van der Waals surface area contributed by atoms with E-state index in [4.69, 9.17) is 16.3 Å². The molecule has 0 aliphatic carbocycles. The lowest BCUT2D eigenvalue weighted by Gasteiger charge is -2.20. The molecule has 4 heteroatoms. The molecule has 0 radical (unpaired) electrons. The Morgan fingerprint density at radius 3 is 2.29 bits per heavy atom. The fraction of sp³-hybridized carbons (Fsp3) is 0.235. The van der Waals surface area contributed by atoms with Crippen molar-refractivity contribution in [2.24, 2.45) is 0 Å². The number of benzene rings is 2. The lowest BCUT2D eigenvalue weighted by atomic mass is 10.1. The van der Waals surface area contributed by atoms with Crippen LogP contribution in [0.2, 0.25) is 5.02 Å². The fourth-order valence-corrected chi connectivity index (χ4v) is 2.04. The van der Waals surface area contributed by atoms with Crippen LogP contribution < -0.4 is 10.1 Å². The molecule has 1 amide bonds. The van der Waals surface area contributed by atoms with Crippen molar-refractivity contribution in [3.05, 3.63) is 53.6 Å². The average molecular weight is 304 g/mol. The summed E-state index contributed by atoms with van der Waals surface area (Å²) in [6.07, 6.45) is -0.517. The van der Waals surface area contributed by atoms with Crippen molar-refractivity contribution < 1.29 is 9.53 Å². The molecule has 0 saturated heterocycles. The quantitative estimate of drug-likeness (QED) is 0.857. The third kappa shape index (κ3) is 4.50. The number of nitrogens with one attached hydrogen (secondary N) is 1. The first kappa shape index (κ1) is 15.4. The van der Waals surface area contributed by atoms with Crippen LogP contribution in [-0.4, -0.2) is 11.6 Å². The molecule has 3 nitrogen and oxygen atoms in total. The predicted molar refractivity (Wildman–Crippen MR) is 85.8 cm³/mol. The highest BCUT2D eigenvalue weighted by atomic mass is 35.5. The molecule has 0 fully saturated rings. The summed E-state index contributed by atoms with van der Waals surface area (Å²) in [5.41, 5.74) is 1.68. The topological polar surface area (TPSA) is 38.3 Å². The highest BCUT2D eigenvalue weighted by Crippen LogP contribution is 2.30. The van der Waals surface area contributed by atoms with E-state index in [1.54, 1.807) is 12.1 Å². The highest BCUT2D eigenvalue weighted by molar-refractivity contribution is 6.32. The minimum Gasteiger partial charge on any atom is -0.409 e. The molecule has 2 aromatic rings. The molecule has 2 rings (SSSR count). The van der Waals surface area contributed by atoms with Crippen LogP contribution in [0.25, 0.3) is 11.1 Å². The number of carbonyl (C=O) groups excluding carboxylic acids is 1. The fourth-order valence-electron chi connectivity index (χ4n) is 1.83. The maximum absolute atomic E-state index is 11.7. The molecular weight excluding hydrogens is 286 g/mol. The van der Waals surface area contributed by atoms with Gasteiger partial charge in [-0.2, -0.15) is 0 Å². The third-order valence-corrected chi connectivity index (χ3v) is 3.01. The third-order valence-electron chi connectivity index (χ3n) is 2.72. The largest absolute Gasteiger partial charge is 0.413 e. The van der Waals surface area contributed by atoms with E-state index in [1.807, 2.05) is 57.2 Å². The number of hydrogen-bond donors (Lipinski definition) is 1. The van der Waals surface area contributed by atoms with Gasteiger partial charge in [-0.25, -0.2) is 4.79 Å². The first-order valence-electron chi connectivity index (χ1n) is 6.70. The zero-order valence-electron chi connectivity index (χ0n) is 12.3. The van der Waals surface area contributed by atoms with Crippen LogP contribution in [0.1, 0.15) is 20.8 Å². The zero-order valence-corrected chi connectivity index (χ0v) is 13.1. The van der Waals surface area contributed by atoms with Crippen LogP contribution in [0.5, 0.6) is 5.75 Å². The van der Waals surface area contributed by atoms with Gasteiger partial charge in [-0.05, 0) is 44.0 Å². The monoisotopic (exact) mass is 303 g/mol. The second kappa shape index (κ2) is 6.19. The van der Waals surface area contributed by atoms with Crippen molar-refractivity contribution >= 4 is 17.7 Å². The zero-order chi connectivity index (χ0) is 15.5. The highest BCUT2D eigenvalue weighted by Gasteiger charge is 2.16. The Morgan fingerprint density at radius 2 is 1.71 bits per heavy atom. The second-order valence-electron chi connectivity index (χ2n) is 5.78. The van der Waals surface area contributed by atoms with Gasteiger partial charge >= 0.3 is 6.09 Å². The number of carbonyl (C=O) groups is 1. The summed E-state index contributed by atoms with van der Waals surface area (Å²) >= 11 is 6.19. The maximum atomic E-state index is 11.7. The molecular formula is C17H18ClNO2. The molecule has 1 N–H and O–H groups in total. The molecule has 0 aliphatic rings. The van der Waals surface area contributed by atoms with E-state index < -0.39 is 6.09 Å². The Kier molecular flexibility index (Phi) is 4.53. The van der Waals surface area contributed by atoms with Crippen molar-refractivity contribution in [1.82, 2.24) is 5.32 Å². The summed E-state index contributed by atoms with van der Waals surface area (Å²) in [6, 6.07) is 15.2. The van der Waals surface area contributed by atoms with E-state index in [0.29, 0.717) is 10.8 Å². The molecule has 110 valence electrons. The number of ether oxygens (including phenoxy) is 1. The van der Waals surface area contributed by atoms with Gasteiger partial charge in [0, 0.05) is 5.54 Å². The van der Waals surface area contributed by atoms with Crippen LogP contribution in [0.15, 0.2) is 48.5 Å². The molecule has 0 spiro atoms. The average Bonchev–Trinajstić information content (AvgIpc) is 2.40. The van der Waals surface area contributed by atoms with E-state index in [-0.39, 0.29) is 5.54 Å². The summed E-state index contributed by atoms with van der Waals surface area (Å²) in [4.78, 5) is 11.7. The van der Waals surface area contributed by atoms with Crippen molar-refractivity contribution in [1.29, 1.82) is 0 Å². The van der Waals surface area contributed by atoms with Gasteiger partial charge in [-0.1, -0.05) is 48.0 Å². The molecule has 21 heavy (non-hydrogen) atoms. The van der Waals surface area contributed by atoms with Gasteiger partial charge in [0.15, 0.2) is 5.75 Å². The first-order chi connectivity index (χ1) is 9.85. The van der Waals surface area contributed by atoms with E-state index >= 15 is 0 Å². The Bertz CT molecular complexity index is 633. The minimum absolute atomic E-state index is 0.345. The van der Waals surface area contributed by atoms with Crippen LogP contribution >= 0.6 is 11.6 Å². The Labute approximate surface area is 129 Å². The molecule has 0 saturated carbocycles. The summed E-state index contributed by atoms with van der Waals surface area (Å²) < 4.78 is 5.23. The van der Waals surface area contributed by atoms with Crippen molar-refractivity contribution in [2.75, 3.05) is 0 Å². The molecule has 2 aromatic carbocycles. The van der Waals surface area contributed by atoms with Gasteiger partial charge in [0.05, 0.1) is 5.02 Å². The second-order valence-corrected chi connectivity index (χ2v) is 6.18. The number of hydrogen-bond acceptors (Lipinski definition) is 2. The van der Waals surface area contributed by atoms with Gasteiger partial charge in [0.1, 0.15) is 0 Å². The molecule has 0 aromatic heterocycles. The summed E-state index contributed by atoms with van der Waals surface area (Å²) in [6.45, 7) is 5.65. The SMILES string of the molecule is CC(C)(C)NC(=O)Oc1ccc(-c2ccccc2)cc1Cl. The number of rotatable bonds is 2. The van der Waals surface area contributed by atoms with E-state index in [9.17, 15) is 4.79 Å². The summed E-state index contributed by atoms with van der Waals surface area (Å²) in [5, 5.41) is 3.12. The predicted octanol–water partition coefficient (Wildman–Crippen LogP) is 4.89. The Morgan fingerprint density at radius 1 is 1.05 bits per heavy atom. The van der Waals surface area contributed by atoms with E-state index in [0.717, 1.165) is 11.1 Å². The lowest BCUT2D eigenvalue weighted by molar-refractivity contribution is 0.190. The van der Waals surface area contributed by atoms with E-state index in [1.165, 1.54) is 0 Å². The number of amides is 1. The van der Waals surface area contributed by atoms with Crippen LogP contribution in [0, 0.1) is 0 Å². The summed E-state index contributed by atoms with van der Waals surface area (Å²) in [7, 11) is 0. The first-order valence-corrected chi connectivity index (χ1v) is 7.08. The van der Waals surface area contributed by atoms with Crippen LogP contribution in [-0.2, 0) is 0 Å². The minimum atomic E-state index is -0.517. The van der Waals surface area contributed by atoms with Gasteiger partial charge in [-0.15, -0.1) is 0 Å². The molecule has 0 atom stereocenters. The summed E-state index contributed by atoms with van der Waals surface area (Å²) in [5.74, 6) is 0.345. The lowest BCUT2D eigenvalue weighted by Crippen LogP contribution is -2.42. The Balaban J connectivity index is 2.15. The molecule has 0 bridgehead atoms. The van der Waals surface area contributed by atoms with Gasteiger partial charge in [0.25, 0.3) is 0 Å². The standard InChI is InChI=1S/C17H18ClNO2/c1-17(2,3)19-16(20)21-15-10-9-13(11-14(15)18)12-7-5-4-6-8-12/h4-11H,1-3H3,(H,19,20). The van der Waals surface area contributed by atoms with E-state index in [2.05, 4.69) is 5.32 Å². The molecule has 0 aliphatic heterocycles. The number of halogens is 1. The van der Waals surface area contributed by atoms with Gasteiger partial charge < -0.3 is 10.1 Å². The maximum Gasteiger partial charge on any atom is 0.413 e.